The zero-order valence-corrected chi connectivity index (χ0v) is 14.9. The van der Waals surface area contributed by atoms with E-state index in [1.165, 1.54) is 30.5 Å². The molecule has 0 aliphatic heterocycles. The molecule has 0 unspecified atom stereocenters. The van der Waals surface area contributed by atoms with E-state index in [1.807, 2.05) is 13.8 Å². The van der Waals surface area contributed by atoms with Crippen molar-refractivity contribution in [3.63, 3.8) is 0 Å². The molecule has 0 spiro atoms. The summed E-state index contributed by atoms with van der Waals surface area (Å²) in [6.45, 7) is 4.17. The lowest BCUT2D eigenvalue weighted by atomic mass is 10.2. The number of ether oxygens (including phenoxy) is 2. The first-order valence-corrected chi connectivity index (χ1v) is 9.27. The maximum absolute atomic E-state index is 12.3. The van der Waals surface area contributed by atoms with Gasteiger partial charge in [-0.2, -0.15) is 0 Å². The van der Waals surface area contributed by atoms with Crippen LogP contribution in [0.15, 0.2) is 52.0 Å². The molecule has 1 N–H and O–H groups in total. The summed E-state index contributed by atoms with van der Waals surface area (Å²) in [6, 6.07) is 9.00. The molecule has 2 aromatic rings. The van der Waals surface area contributed by atoms with Crippen LogP contribution in [0.1, 0.15) is 30.0 Å². The molecule has 0 saturated heterocycles. The third-order valence-electron chi connectivity index (χ3n) is 3.16. The minimum Gasteiger partial charge on any atom is -0.468 e. The topological polar surface area (TPSA) is 94.8 Å². The zero-order chi connectivity index (χ0) is 18.3. The van der Waals surface area contributed by atoms with Gasteiger partial charge in [0.25, 0.3) is 0 Å². The summed E-state index contributed by atoms with van der Waals surface area (Å²) in [5.41, 5.74) is 0.158. The van der Waals surface area contributed by atoms with Crippen molar-refractivity contribution in [2.75, 3.05) is 13.2 Å². The molecule has 0 bridgehead atoms. The maximum atomic E-state index is 12.3. The van der Waals surface area contributed by atoms with Gasteiger partial charge >= 0.3 is 5.97 Å². The van der Waals surface area contributed by atoms with Crippen LogP contribution in [0, 0.1) is 0 Å². The SMILES string of the molecule is CC(C)OCCOC(=O)c1cccc(S(=O)(=O)NCc2ccco2)c1. The van der Waals surface area contributed by atoms with Crippen LogP contribution in [0.5, 0.6) is 0 Å². The Balaban J connectivity index is 1.98. The van der Waals surface area contributed by atoms with Crippen LogP contribution in [0.4, 0.5) is 0 Å². The molecule has 0 amide bonds. The summed E-state index contributed by atoms with van der Waals surface area (Å²) >= 11 is 0. The van der Waals surface area contributed by atoms with E-state index in [0.717, 1.165) is 0 Å². The Morgan fingerprint density at radius 2 is 2.00 bits per heavy atom. The molecule has 7 nitrogen and oxygen atoms in total. The molecule has 8 heteroatoms. The van der Waals surface area contributed by atoms with Gasteiger partial charge in [0.05, 0.1) is 36.0 Å². The highest BCUT2D eigenvalue weighted by Gasteiger charge is 2.17. The van der Waals surface area contributed by atoms with E-state index in [2.05, 4.69) is 4.72 Å². The minimum atomic E-state index is -3.77. The number of rotatable bonds is 9. The number of benzene rings is 1. The zero-order valence-electron chi connectivity index (χ0n) is 14.1. The normalized spacial score (nSPS) is 11.6. The molecular formula is C17H21NO6S. The number of nitrogens with one attached hydrogen (secondary N) is 1. The number of carbonyl (C=O) groups excluding carboxylic acids is 1. The van der Waals surface area contributed by atoms with E-state index in [4.69, 9.17) is 13.9 Å². The Labute approximate surface area is 147 Å². The van der Waals surface area contributed by atoms with Gasteiger partial charge in [-0.3, -0.25) is 0 Å². The summed E-state index contributed by atoms with van der Waals surface area (Å²) in [5, 5.41) is 0. The molecule has 136 valence electrons. The van der Waals surface area contributed by atoms with Gasteiger partial charge in [0.15, 0.2) is 0 Å². The highest BCUT2D eigenvalue weighted by Crippen LogP contribution is 2.13. The number of hydrogen-bond acceptors (Lipinski definition) is 6. The fourth-order valence-corrected chi connectivity index (χ4v) is 2.99. The molecule has 0 atom stereocenters. The molecule has 0 saturated carbocycles. The van der Waals surface area contributed by atoms with Crippen molar-refractivity contribution < 1.29 is 27.1 Å². The highest BCUT2D eigenvalue weighted by molar-refractivity contribution is 7.89. The fraction of sp³-hybridized carbons (Fsp3) is 0.353. The standard InChI is InChI=1S/C17H21NO6S/c1-13(2)22-9-10-24-17(19)14-5-3-7-16(11-14)25(20,21)18-12-15-6-4-8-23-15/h3-8,11,13,18H,9-10,12H2,1-2H3. The Hall–Kier alpha value is -2.16. The van der Waals surface area contributed by atoms with Crippen LogP contribution in [0.3, 0.4) is 0 Å². The van der Waals surface area contributed by atoms with Crippen LogP contribution in [0.2, 0.25) is 0 Å². The van der Waals surface area contributed by atoms with Gasteiger partial charge in [-0.15, -0.1) is 0 Å². The van der Waals surface area contributed by atoms with Gasteiger partial charge in [-0.25, -0.2) is 17.9 Å². The molecule has 1 aromatic carbocycles. The summed E-state index contributed by atoms with van der Waals surface area (Å²) in [6.07, 6.45) is 1.51. The molecule has 0 fully saturated rings. The molecule has 2 rings (SSSR count). The second-order valence-corrected chi connectivity index (χ2v) is 7.25. The lowest BCUT2D eigenvalue weighted by Gasteiger charge is -2.09. The lowest BCUT2D eigenvalue weighted by molar-refractivity contribution is 0.0177. The Morgan fingerprint density at radius 1 is 1.20 bits per heavy atom. The average molecular weight is 367 g/mol. The van der Waals surface area contributed by atoms with E-state index in [-0.39, 0.29) is 36.3 Å². The summed E-state index contributed by atoms with van der Waals surface area (Å²) in [5.74, 6) is -0.111. The van der Waals surface area contributed by atoms with Gasteiger partial charge in [0.1, 0.15) is 12.4 Å². The summed E-state index contributed by atoms with van der Waals surface area (Å²) in [4.78, 5) is 12.0. The van der Waals surface area contributed by atoms with E-state index < -0.39 is 16.0 Å². The molecule has 0 radical (unpaired) electrons. The lowest BCUT2D eigenvalue weighted by Crippen LogP contribution is -2.23. The van der Waals surface area contributed by atoms with Crippen LogP contribution in [0.25, 0.3) is 0 Å². The molecule has 1 aromatic heterocycles. The first kappa shape index (κ1) is 19.2. The summed E-state index contributed by atoms with van der Waals surface area (Å²) < 4.78 is 42.5. The van der Waals surface area contributed by atoms with Gasteiger partial charge in [-0.05, 0) is 44.2 Å². The van der Waals surface area contributed by atoms with Crippen molar-refractivity contribution in [3.05, 3.63) is 54.0 Å². The molecule has 0 aliphatic rings. The van der Waals surface area contributed by atoms with Gasteiger partial charge in [0, 0.05) is 0 Å². The predicted molar refractivity (Wildman–Crippen MR) is 90.5 cm³/mol. The number of esters is 1. The predicted octanol–water partition coefficient (Wildman–Crippen LogP) is 2.34. The number of sulfonamides is 1. The van der Waals surface area contributed by atoms with E-state index in [0.29, 0.717) is 5.76 Å². The van der Waals surface area contributed by atoms with Crippen LogP contribution >= 0.6 is 0 Å². The third kappa shape index (κ3) is 6.00. The minimum absolute atomic E-state index is 0.0214. The molecule has 1 heterocycles. The van der Waals surface area contributed by atoms with Gasteiger partial charge in [-0.1, -0.05) is 6.07 Å². The van der Waals surface area contributed by atoms with Crippen molar-refractivity contribution in [2.24, 2.45) is 0 Å². The average Bonchev–Trinajstić information content (AvgIpc) is 3.10. The maximum Gasteiger partial charge on any atom is 0.338 e. The van der Waals surface area contributed by atoms with E-state index >= 15 is 0 Å². The first-order chi connectivity index (χ1) is 11.9. The highest BCUT2D eigenvalue weighted by atomic mass is 32.2. The number of carbonyl (C=O) groups is 1. The van der Waals surface area contributed by atoms with Crippen LogP contribution in [-0.4, -0.2) is 33.7 Å². The smallest absolute Gasteiger partial charge is 0.338 e. The molecular weight excluding hydrogens is 346 g/mol. The number of hydrogen-bond donors (Lipinski definition) is 1. The van der Waals surface area contributed by atoms with Gasteiger partial charge in [0.2, 0.25) is 10.0 Å². The monoisotopic (exact) mass is 367 g/mol. The summed E-state index contributed by atoms with van der Waals surface area (Å²) in [7, 11) is -3.77. The molecule has 25 heavy (non-hydrogen) atoms. The Kier molecular flexibility index (Phi) is 6.74. The largest absolute Gasteiger partial charge is 0.468 e. The fourth-order valence-electron chi connectivity index (χ4n) is 1.95. The van der Waals surface area contributed by atoms with E-state index in [1.54, 1.807) is 12.1 Å². The van der Waals surface area contributed by atoms with Crippen LogP contribution in [-0.2, 0) is 26.0 Å². The van der Waals surface area contributed by atoms with Crippen molar-refractivity contribution >= 4 is 16.0 Å². The Bertz CT molecular complexity index is 783. The van der Waals surface area contributed by atoms with E-state index in [9.17, 15) is 13.2 Å². The van der Waals surface area contributed by atoms with Crippen molar-refractivity contribution in [2.45, 2.75) is 31.4 Å². The van der Waals surface area contributed by atoms with Crippen molar-refractivity contribution in [1.29, 1.82) is 0 Å². The first-order valence-electron chi connectivity index (χ1n) is 7.79. The van der Waals surface area contributed by atoms with Crippen LogP contribution < -0.4 is 4.72 Å². The third-order valence-corrected chi connectivity index (χ3v) is 4.56. The second kappa shape index (κ2) is 8.80. The van der Waals surface area contributed by atoms with Crippen molar-refractivity contribution in [3.8, 4) is 0 Å². The van der Waals surface area contributed by atoms with Gasteiger partial charge < -0.3 is 13.9 Å². The second-order valence-electron chi connectivity index (χ2n) is 5.49. The number of furan rings is 1. The Morgan fingerprint density at radius 3 is 2.68 bits per heavy atom. The quantitative estimate of drug-likeness (QED) is 0.540. The van der Waals surface area contributed by atoms with Crippen molar-refractivity contribution in [1.82, 2.24) is 4.72 Å². The molecule has 0 aliphatic carbocycles.